The summed E-state index contributed by atoms with van der Waals surface area (Å²) in [7, 11) is 6.60. The Morgan fingerprint density at radius 2 is 1.56 bits per heavy atom. The van der Waals surface area contributed by atoms with Crippen LogP contribution in [0.1, 0.15) is 43.0 Å². The van der Waals surface area contributed by atoms with Gasteiger partial charge in [0.25, 0.3) is 0 Å². The number of benzene rings is 2. The van der Waals surface area contributed by atoms with Gasteiger partial charge in [0.05, 0.1) is 45.7 Å². The number of anilines is 1. The number of rotatable bonds is 9. The standard InChI is InChI=1S/C27H34N4O4.ClH/c1-32-21-10-9-16(13-22(21)33-2)11-12-28-27-30-20-15-24(35-4)23(34-3)14-18(20)26(31-27)25-17-7-5-6-8-19(17)29-25;/h9-10,13-15,17,19,25,29H,5-8,11-12H2,1-4H3,(H,28,30,31);1H. The van der Waals surface area contributed by atoms with E-state index in [1.165, 1.54) is 25.7 Å². The summed E-state index contributed by atoms with van der Waals surface area (Å²) < 4.78 is 21.9. The first-order chi connectivity index (χ1) is 17.1. The van der Waals surface area contributed by atoms with Crippen molar-refractivity contribution >= 4 is 29.3 Å². The van der Waals surface area contributed by atoms with E-state index >= 15 is 0 Å². The molecule has 3 atom stereocenters. The SMILES string of the molecule is COc1ccc(CCNc2nc(C3NC4CCCCC43)c3cc(OC)c(OC)cc3n2)cc1OC.Cl. The molecule has 2 fully saturated rings. The van der Waals surface area contributed by atoms with E-state index in [0.717, 1.165) is 40.1 Å². The maximum Gasteiger partial charge on any atom is 0.223 e. The highest BCUT2D eigenvalue weighted by atomic mass is 35.5. The van der Waals surface area contributed by atoms with Gasteiger partial charge in [-0.2, -0.15) is 0 Å². The van der Waals surface area contributed by atoms with E-state index in [0.29, 0.717) is 36.0 Å². The van der Waals surface area contributed by atoms with Gasteiger partial charge in [0.1, 0.15) is 0 Å². The van der Waals surface area contributed by atoms with E-state index in [2.05, 4.69) is 10.6 Å². The van der Waals surface area contributed by atoms with Crippen LogP contribution in [-0.2, 0) is 6.42 Å². The highest BCUT2D eigenvalue weighted by Gasteiger charge is 2.43. The van der Waals surface area contributed by atoms with Crippen molar-refractivity contribution in [2.24, 2.45) is 5.92 Å². The molecule has 1 saturated carbocycles. The Labute approximate surface area is 218 Å². The number of nitrogens with zero attached hydrogens (tertiary/aromatic N) is 2. The van der Waals surface area contributed by atoms with Crippen molar-refractivity contribution in [3.63, 3.8) is 0 Å². The molecule has 9 heteroatoms. The summed E-state index contributed by atoms with van der Waals surface area (Å²) in [6, 6.07) is 10.8. The number of nitrogens with one attached hydrogen (secondary N) is 2. The summed E-state index contributed by atoms with van der Waals surface area (Å²) in [5, 5.41) is 8.22. The van der Waals surface area contributed by atoms with Gasteiger partial charge in [0.15, 0.2) is 23.0 Å². The van der Waals surface area contributed by atoms with Crippen molar-refractivity contribution in [2.75, 3.05) is 40.3 Å². The number of ether oxygens (including phenoxy) is 4. The van der Waals surface area contributed by atoms with Gasteiger partial charge in [-0.3, -0.25) is 0 Å². The van der Waals surface area contributed by atoms with Gasteiger partial charge >= 0.3 is 0 Å². The third-order valence-corrected chi connectivity index (χ3v) is 7.31. The summed E-state index contributed by atoms with van der Waals surface area (Å²) in [5.41, 5.74) is 3.03. The molecule has 1 aromatic heterocycles. The van der Waals surface area contributed by atoms with Crippen molar-refractivity contribution in [1.29, 1.82) is 0 Å². The molecule has 0 bridgehead atoms. The zero-order valence-electron chi connectivity index (χ0n) is 21.3. The van der Waals surface area contributed by atoms with Crippen LogP contribution in [0, 0.1) is 5.92 Å². The molecule has 0 spiro atoms. The number of aromatic nitrogens is 2. The number of fused-ring (bicyclic) bond motifs is 2. The molecule has 2 aromatic carbocycles. The summed E-state index contributed by atoms with van der Waals surface area (Å²) in [6.07, 6.45) is 5.88. The first-order valence-electron chi connectivity index (χ1n) is 12.3. The van der Waals surface area contributed by atoms with Gasteiger partial charge in [0, 0.05) is 24.0 Å². The van der Waals surface area contributed by atoms with Crippen LogP contribution in [-0.4, -0.2) is 51.0 Å². The summed E-state index contributed by atoms with van der Waals surface area (Å²) in [5.74, 6) is 4.06. The van der Waals surface area contributed by atoms with Crippen molar-refractivity contribution in [3.05, 3.63) is 41.6 Å². The molecule has 2 aliphatic rings. The molecule has 1 saturated heterocycles. The average molecular weight is 515 g/mol. The molecule has 5 rings (SSSR count). The molecule has 1 aliphatic heterocycles. The smallest absolute Gasteiger partial charge is 0.223 e. The predicted molar refractivity (Wildman–Crippen MR) is 143 cm³/mol. The van der Waals surface area contributed by atoms with Crippen molar-refractivity contribution in [2.45, 2.75) is 44.2 Å². The molecular formula is C27H35ClN4O4. The van der Waals surface area contributed by atoms with Gasteiger partial charge in [-0.05, 0) is 48.9 Å². The third-order valence-electron chi connectivity index (χ3n) is 7.31. The fraction of sp³-hybridized carbons (Fsp3) is 0.481. The van der Waals surface area contributed by atoms with E-state index < -0.39 is 0 Å². The van der Waals surface area contributed by atoms with E-state index in [1.54, 1.807) is 28.4 Å². The number of hydrogen-bond donors (Lipinski definition) is 2. The van der Waals surface area contributed by atoms with E-state index in [4.69, 9.17) is 28.9 Å². The Bertz CT molecular complexity index is 1210. The zero-order valence-corrected chi connectivity index (χ0v) is 22.1. The fourth-order valence-corrected chi connectivity index (χ4v) is 5.43. The minimum atomic E-state index is 0. The number of methoxy groups -OCH3 is 4. The molecule has 0 amide bonds. The minimum Gasteiger partial charge on any atom is -0.493 e. The Morgan fingerprint density at radius 3 is 2.28 bits per heavy atom. The van der Waals surface area contributed by atoms with Gasteiger partial charge in [-0.15, -0.1) is 12.4 Å². The summed E-state index contributed by atoms with van der Waals surface area (Å²) in [4.78, 5) is 9.84. The number of halogens is 1. The van der Waals surface area contributed by atoms with Crippen LogP contribution in [0.5, 0.6) is 23.0 Å². The van der Waals surface area contributed by atoms with Crippen LogP contribution in [0.15, 0.2) is 30.3 Å². The lowest BCUT2D eigenvalue weighted by molar-refractivity contribution is 0.0918. The van der Waals surface area contributed by atoms with Gasteiger partial charge in [-0.25, -0.2) is 9.97 Å². The molecule has 8 nitrogen and oxygen atoms in total. The Kier molecular flexibility index (Phi) is 8.26. The van der Waals surface area contributed by atoms with Crippen molar-refractivity contribution < 1.29 is 18.9 Å². The zero-order chi connectivity index (χ0) is 24.4. The molecule has 194 valence electrons. The topological polar surface area (TPSA) is 86.8 Å². The second kappa shape index (κ2) is 11.4. The van der Waals surface area contributed by atoms with Crippen LogP contribution in [0.25, 0.3) is 10.9 Å². The molecule has 3 aromatic rings. The average Bonchev–Trinajstić information content (AvgIpc) is 2.88. The lowest BCUT2D eigenvalue weighted by Crippen LogP contribution is -2.56. The largest absolute Gasteiger partial charge is 0.493 e. The molecule has 1 aliphatic carbocycles. The Balaban J connectivity index is 0.00000304. The van der Waals surface area contributed by atoms with Crippen molar-refractivity contribution in [3.8, 4) is 23.0 Å². The molecule has 2 heterocycles. The van der Waals surface area contributed by atoms with Gasteiger partial charge in [-0.1, -0.05) is 18.9 Å². The maximum absolute atomic E-state index is 5.58. The lowest BCUT2D eigenvalue weighted by atomic mass is 9.71. The summed E-state index contributed by atoms with van der Waals surface area (Å²) >= 11 is 0. The van der Waals surface area contributed by atoms with Gasteiger partial charge < -0.3 is 29.6 Å². The van der Waals surface area contributed by atoms with Crippen LogP contribution in [0.4, 0.5) is 5.95 Å². The highest BCUT2D eigenvalue weighted by molar-refractivity contribution is 5.86. The minimum absolute atomic E-state index is 0. The Morgan fingerprint density at radius 1 is 0.861 bits per heavy atom. The lowest BCUT2D eigenvalue weighted by Gasteiger charge is -2.49. The van der Waals surface area contributed by atoms with Crippen LogP contribution in [0.2, 0.25) is 0 Å². The van der Waals surface area contributed by atoms with Crippen molar-refractivity contribution in [1.82, 2.24) is 15.3 Å². The van der Waals surface area contributed by atoms with Crippen LogP contribution >= 0.6 is 12.4 Å². The molecule has 2 N–H and O–H groups in total. The van der Waals surface area contributed by atoms with E-state index in [-0.39, 0.29) is 18.4 Å². The monoisotopic (exact) mass is 514 g/mol. The molecule has 36 heavy (non-hydrogen) atoms. The predicted octanol–water partition coefficient (Wildman–Crippen LogP) is 4.94. The normalized spacial score (nSPS) is 20.5. The van der Waals surface area contributed by atoms with Crippen LogP contribution < -0.4 is 29.6 Å². The second-order valence-corrected chi connectivity index (χ2v) is 9.22. The van der Waals surface area contributed by atoms with Gasteiger partial charge in [0.2, 0.25) is 5.95 Å². The second-order valence-electron chi connectivity index (χ2n) is 9.22. The molecule has 0 radical (unpaired) electrons. The Hall–Kier alpha value is -2.97. The first kappa shape index (κ1) is 26.1. The summed E-state index contributed by atoms with van der Waals surface area (Å²) in [6.45, 7) is 0.692. The quantitative estimate of drug-likeness (QED) is 0.415. The maximum atomic E-state index is 5.58. The molecular weight excluding hydrogens is 480 g/mol. The molecule has 3 unspecified atom stereocenters. The third kappa shape index (κ3) is 4.97. The first-order valence-corrected chi connectivity index (χ1v) is 12.3. The van der Waals surface area contributed by atoms with E-state index in [1.807, 2.05) is 30.3 Å². The van der Waals surface area contributed by atoms with E-state index in [9.17, 15) is 0 Å². The van der Waals surface area contributed by atoms with Crippen LogP contribution in [0.3, 0.4) is 0 Å². The highest BCUT2D eigenvalue weighted by Crippen LogP contribution is 2.45. The fourth-order valence-electron chi connectivity index (χ4n) is 5.43. The number of hydrogen-bond acceptors (Lipinski definition) is 8.